The maximum Gasteiger partial charge on any atom is 0.256 e. The molecule has 27 heavy (non-hydrogen) atoms. The van der Waals surface area contributed by atoms with Crippen LogP contribution in [0.15, 0.2) is 70.7 Å². The lowest BCUT2D eigenvalue weighted by molar-refractivity contribution is -0.117. The molecule has 1 aliphatic carbocycles. The van der Waals surface area contributed by atoms with Crippen LogP contribution in [0.5, 0.6) is 5.75 Å². The van der Waals surface area contributed by atoms with Crippen LogP contribution in [0.1, 0.15) is 36.8 Å². The molecule has 0 unspecified atom stereocenters. The quantitative estimate of drug-likeness (QED) is 0.706. The van der Waals surface area contributed by atoms with Crippen molar-refractivity contribution in [3.8, 4) is 5.75 Å². The smallest absolute Gasteiger partial charge is 0.256 e. The molecule has 1 N–H and O–H groups in total. The zero-order valence-corrected chi connectivity index (χ0v) is 15.0. The number of hydrogen-bond acceptors (Lipinski definition) is 3. The summed E-state index contributed by atoms with van der Waals surface area (Å²) in [7, 11) is 0. The average molecular weight is 357 g/mol. The third-order valence-corrected chi connectivity index (χ3v) is 5.51. The third kappa shape index (κ3) is 2.44. The molecule has 134 valence electrons. The van der Waals surface area contributed by atoms with Crippen LogP contribution in [0.4, 0.5) is 0 Å². The molecule has 4 heteroatoms. The fourth-order valence-electron chi connectivity index (χ4n) is 4.35. The van der Waals surface area contributed by atoms with Gasteiger partial charge in [-0.3, -0.25) is 9.59 Å². The number of aromatic amines is 1. The Morgan fingerprint density at radius 2 is 1.70 bits per heavy atom. The van der Waals surface area contributed by atoms with Crippen molar-refractivity contribution in [1.82, 2.24) is 4.98 Å². The Kier molecular flexibility index (Phi) is 3.54. The normalized spacial score (nSPS) is 21.6. The third-order valence-electron chi connectivity index (χ3n) is 5.51. The Morgan fingerprint density at radius 3 is 2.52 bits per heavy atom. The van der Waals surface area contributed by atoms with Crippen molar-refractivity contribution in [2.75, 3.05) is 0 Å². The van der Waals surface area contributed by atoms with Crippen molar-refractivity contribution < 1.29 is 9.53 Å². The Bertz CT molecular complexity index is 1160. The number of rotatable bonds is 1. The van der Waals surface area contributed by atoms with E-state index in [0.717, 1.165) is 22.2 Å². The highest BCUT2D eigenvalue weighted by atomic mass is 16.5. The standard InChI is InChI=1S/C23H19NO3/c1-13-11-17(25)20-18(12-13)27-22-15-9-5-6-10-16(15)24-23(26)21(22)19(20)14-7-3-2-4-8-14/h2-10,13,19H,11-12H2,1H3,(H,24,26)/t13-,19-/m0/s1. The van der Waals surface area contributed by atoms with Crippen LogP contribution in [-0.4, -0.2) is 10.8 Å². The number of pyridine rings is 1. The molecular weight excluding hydrogens is 338 g/mol. The van der Waals surface area contributed by atoms with E-state index in [1.807, 2.05) is 54.6 Å². The summed E-state index contributed by atoms with van der Waals surface area (Å²) in [4.78, 5) is 29.0. The number of fused-ring (bicyclic) bond motifs is 3. The van der Waals surface area contributed by atoms with Crippen LogP contribution in [0.2, 0.25) is 0 Å². The molecule has 0 fully saturated rings. The SMILES string of the molecule is C[C@H]1CC(=O)C2=C(C1)Oc1c(c(=O)[nH]c3ccccc13)[C@H]2c1ccccc1. The molecule has 1 aromatic heterocycles. The minimum Gasteiger partial charge on any atom is -0.460 e. The van der Waals surface area contributed by atoms with E-state index in [4.69, 9.17) is 4.74 Å². The summed E-state index contributed by atoms with van der Waals surface area (Å²) < 4.78 is 6.26. The van der Waals surface area contributed by atoms with Crippen molar-refractivity contribution >= 4 is 16.7 Å². The summed E-state index contributed by atoms with van der Waals surface area (Å²) in [5, 5.41) is 0.866. The Balaban J connectivity index is 1.86. The average Bonchev–Trinajstić information content (AvgIpc) is 2.67. The van der Waals surface area contributed by atoms with Crippen molar-refractivity contribution in [2.24, 2.45) is 5.92 Å². The van der Waals surface area contributed by atoms with Gasteiger partial charge in [-0.15, -0.1) is 0 Å². The first kappa shape index (κ1) is 16.1. The highest BCUT2D eigenvalue weighted by Gasteiger charge is 2.40. The van der Waals surface area contributed by atoms with Gasteiger partial charge < -0.3 is 9.72 Å². The number of allylic oxidation sites excluding steroid dienone is 2. The first-order chi connectivity index (χ1) is 13.1. The summed E-state index contributed by atoms with van der Waals surface area (Å²) >= 11 is 0. The van der Waals surface area contributed by atoms with Gasteiger partial charge in [0, 0.05) is 23.8 Å². The van der Waals surface area contributed by atoms with Gasteiger partial charge in [-0.2, -0.15) is 0 Å². The van der Waals surface area contributed by atoms with Crippen LogP contribution < -0.4 is 10.3 Å². The molecular formula is C23H19NO3. The molecule has 0 radical (unpaired) electrons. The van der Waals surface area contributed by atoms with E-state index in [-0.39, 0.29) is 17.3 Å². The first-order valence-corrected chi connectivity index (χ1v) is 9.27. The summed E-state index contributed by atoms with van der Waals surface area (Å²) in [5.41, 5.74) is 2.66. The Hall–Kier alpha value is -3.14. The van der Waals surface area contributed by atoms with E-state index in [0.29, 0.717) is 29.7 Å². The molecule has 5 rings (SSSR count). The van der Waals surface area contributed by atoms with E-state index in [1.165, 1.54) is 0 Å². The van der Waals surface area contributed by atoms with Crippen LogP contribution in [-0.2, 0) is 4.79 Å². The number of nitrogens with one attached hydrogen (secondary N) is 1. The number of hydrogen-bond donors (Lipinski definition) is 1. The maximum absolute atomic E-state index is 13.0. The molecule has 2 aromatic carbocycles. The van der Waals surface area contributed by atoms with Crippen LogP contribution in [0, 0.1) is 5.92 Å². The van der Waals surface area contributed by atoms with Crippen molar-refractivity contribution in [3.63, 3.8) is 0 Å². The van der Waals surface area contributed by atoms with Gasteiger partial charge in [0.05, 0.1) is 17.0 Å². The zero-order chi connectivity index (χ0) is 18.5. The van der Waals surface area contributed by atoms with Gasteiger partial charge in [0.25, 0.3) is 5.56 Å². The predicted molar refractivity (Wildman–Crippen MR) is 104 cm³/mol. The minimum absolute atomic E-state index is 0.0795. The van der Waals surface area contributed by atoms with Crippen molar-refractivity contribution in [1.29, 1.82) is 0 Å². The molecule has 2 aliphatic rings. The van der Waals surface area contributed by atoms with E-state index in [1.54, 1.807) is 0 Å². The predicted octanol–water partition coefficient (Wildman–Crippen LogP) is 4.31. The summed E-state index contributed by atoms with van der Waals surface area (Å²) in [6.45, 7) is 2.06. The minimum atomic E-state index is -0.390. The molecule has 2 atom stereocenters. The van der Waals surface area contributed by atoms with Gasteiger partial charge in [-0.1, -0.05) is 49.4 Å². The van der Waals surface area contributed by atoms with E-state index in [9.17, 15) is 9.59 Å². The second kappa shape index (κ2) is 5.95. The fourth-order valence-corrected chi connectivity index (χ4v) is 4.35. The lowest BCUT2D eigenvalue weighted by atomic mass is 9.75. The Labute approximate surface area is 156 Å². The number of ketones is 1. The number of para-hydroxylation sites is 1. The summed E-state index contributed by atoms with van der Waals surface area (Å²) in [6, 6.07) is 17.4. The van der Waals surface area contributed by atoms with Crippen molar-refractivity contribution in [2.45, 2.75) is 25.7 Å². The van der Waals surface area contributed by atoms with Gasteiger partial charge in [0.1, 0.15) is 11.5 Å². The molecule has 3 aromatic rings. The molecule has 0 amide bonds. The van der Waals surface area contributed by atoms with Crippen molar-refractivity contribution in [3.05, 3.63) is 87.4 Å². The number of carbonyl (C=O) groups excluding carboxylic acids is 1. The van der Waals surface area contributed by atoms with Gasteiger partial charge in [-0.05, 0) is 23.6 Å². The molecule has 0 spiro atoms. The van der Waals surface area contributed by atoms with Gasteiger partial charge >= 0.3 is 0 Å². The van der Waals surface area contributed by atoms with E-state index < -0.39 is 5.92 Å². The second-order valence-corrected chi connectivity index (χ2v) is 7.46. The Morgan fingerprint density at radius 1 is 0.963 bits per heavy atom. The van der Waals surface area contributed by atoms with Crippen LogP contribution >= 0.6 is 0 Å². The highest BCUT2D eigenvalue weighted by Crippen LogP contribution is 2.47. The number of aromatic nitrogens is 1. The number of Topliss-reactive ketones (excluding diaryl/α,β-unsaturated/α-hetero) is 1. The number of benzene rings is 2. The topological polar surface area (TPSA) is 59.2 Å². The number of carbonyl (C=O) groups is 1. The number of H-pyrrole nitrogens is 1. The summed E-state index contributed by atoms with van der Waals surface area (Å²) in [5.74, 6) is 1.23. The molecule has 1 aliphatic heterocycles. The van der Waals surface area contributed by atoms with E-state index in [2.05, 4.69) is 11.9 Å². The molecule has 0 saturated carbocycles. The largest absolute Gasteiger partial charge is 0.460 e. The highest BCUT2D eigenvalue weighted by molar-refractivity contribution is 6.00. The molecule has 0 bridgehead atoms. The molecule has 0 saturated heterocycles. The lowest BCUT2D eigenvalue weighted by Crippen LogP contribution is -2.32. The zero-order valence-electron chi connectivity index (χ0n) is 15.0. The molecule has 4 nitrogen and oxygen atoms in total. The lowest BCUT2D eigenvalue weighted by Gasteiger charge is -2.34. The monoisotopic (exact) mass is 357 g/mol. The first-order valence-electron chi connectivity index (χ1n) is 9.27. The maximum atomic E-state index is 13.0. The fraction of sp³-hybridized carbons (Fsp3) is 0.217. The second-order valence-electron chi connectivity index (χ2n) is 7.46. The molecule has 2 heterocycles. The van der Waals surface area contributed by atoms with Gasteiger partial charge in [0.15, 0.2) is 5.78 Å². The van der Waals surface area contributed by atoms with Crippen LogP contribution in [0.25, 0.3) is 10.9 Å². The number of ether oxygens (including phenoxy) is 1. The van der Waals surface area contributed by atoms with Crippen LogP contribution in [0.3, 0.4) is 0 Å². The summed E-state index contributed by atoms with van der Waals surface area (Å²) in [6.07, 6.45) is 1.21. The van der Waals surface area contributed by atoms with Gasteiger partial charge in [0.2, 0.25) is 0 Å². The van der Waals surface area contributed by atoms with Gasteiger partial charge in [-0.25, -0.2) is 0 Å². The van der Waals surface area contributed by atoms with E-state index >= 15 is 0 Å².